The lowest BCUT2D eigenvalue weighted by molar-refractivity contribution is -0.684. The number of methoxy groups -OCH3 is 1. The molecule has 0 bridgehead atoms. The van der Waals surface area contributed by atoms with Crippen molar-refractivity contribution in [3.63, 3.8) is 0 Å². The Kier molecular flexibility index (Phi) is 6.79. The lowest BCUT2D eigenvalue weighted by Gasteiger charge is -2.30. The maximum absolute atomic E-state index is 8.63. The Hall–Kier alpha value is -1.41. The summed E-state index contributed by atoms with van der Waals surface area (Å²) in [5.41, 5.74) is 4.99. The summed E-state index contributed by atoms with van der Waals surface area (Å²) in [4.78, 5) is 0. The van der Waals surface area contributed by atoms with Crippen LogP contribution in [0.25, 0.3) is 0 Å². The molecule has 7 heteroatoms. The topological polar surface area (TPSA) is 103 Å². The van der Waals surface area contributed by atoms with Crippen LogP contribution in [0.1, 0.15) is 37.7 Å². The molecule has 1 heterocycles. The second-order valence-electron chi connectivity index (χ2n) is 6.20. The van der Waals surface area contributed by atoms with Crippen molar-refractivity contribution in [3.05, 3.63) is 41.0 Å². The van der Waals surface area contributed by atoms with Gasteiger partial charge in [0.05, 0.1) is 13.7 Å². The van der Waals surface area contributed by atoms with E-state index in [2.05, 4.69) is 29.6 Å². The summed E-state index contributed by atoms with van der Waals surface area (Å²) in [5, 5.41) is 2.55. The molecule has 0 saturated carbocycles. The Morgan fingerprint density at radius 3 is 2.46 bits per heavy atom. The van der Waals surface area contributed by atoms with Gasteiger partial charge in [-0.05, 0) is 49.0 Å². The molecule has 1 aromatic carbocycles. The number of hydrogen-bond acceptors (Lipinski definition) is 4. The number of nitrogens with two attached hydrogens (primary N) is 1. The summed E-state index contributed by atoms with van der Waals surface area (Å²) in [6.45, 7) is 1.28. The number of ether oxygens (including phenoxy) is 1. The van der Waals surface area contributed by atoms with Crippen molar-refractivity contribution in [2.75, 3.05) is 13.7 Å². The van der Waals surface area contributed by atoms with Crippen molar-refractivity contribution in [2.24, 2.45) is 0 Å². The molecule has 3 N–H and O–H groups in total. The van der Waals surface area contributed by atoms with Crippen LogP contribution >= 0.6 is 0 Å². The highest BCUT2D eigenvalue weighted by Crippen LogP contribution is 2.30. The van der Waals surface area contributed by atoms with E-state index >= 15 is 0 Å². The molecular weight excluding hydrogens is 330 g/mol. The van der Waals surface area contributed by atoms with Crippen LogP contribution in [-0.4, -0.2) is 37.2 Å². The van der Waals surface area contributed by atoms with E-state index in [9.17, 15) is 0 Å². The van der Waals surface area contributed by atoms with Gasteiger partial charge in [-0.3, -0.25) is 4.55 Å². The van der Waals surface area contributed by atoms with Crippen molar-refractivity contribution >= 4 is 10.4 Å². The van der Waals surface area contributed by atoms with Crippen LogP contribution in [0.15, 0.2) is 35.4 Å². The summed E-state index contributed by atoms with van der Waals surface area (Å²) in [5.74, 6) is 0.953. The maximum Gasteiger partial charge on any atom is 0.215 e. The summed E-state index contributed by atoms with van der Waals surface area (Å²) >= 11 is 0. The van der Waals surface area contributed by atoms with Crippen LogP contribution in [0.3, 0.4) is 0 Å². The molecule has 0 radical (unpaired) electrons. The Balaban J connectivity index is 0.000000368. The molecule has 0 fully saturated rings. The third-order valence-corrected chi connectivity index (χ3v) is 4.59. The molecule has 3 rings (SSSR count). The van der Waals surface area contributed by atoms with Gasteiger partial charge in [-0.2, -0.15) is 0 Å². The smallest absolute Gasteiger partial charge is 0.215 e. The van der Waals surface area contributed by atoms with Crippen LogP contribution in [0.5, 0.6) is 5.75 Å². The zero-order valence-corrected chi connectivity index (χ0v) is 14.7. The van der Waals surface area contributed by atoms with Crippen molar-refractivity contribution < 1.29 is 27.6 Å². The van der Waals surface area contributed by atoms with Crippen LogP contribution < -0.4 is 10.1 Å². The summed E-state index contributed by atoms with van der Waals surface area (Å²) < 4.78 is 38.1. The number of rotatable bonds is 3. The average Bonchev–Trinajstić information content (AvgIpc) is 2.54. The zero-order valence-electron chi connectivity index (χ0n) is 13.9. The molecule has 1 aliphatic heterocycles. The van der Waals surface area contributed by atoms with Gasteiger partial charge in [0.25, 0.3) is 0 Å². The fourth-order valence-electron chi connectivity index (χ4n) is 3.55. The lowest BCUT2D eigenvalue weighted by Crippen LogP contribution is -2.92. The van der Waals surface area contributed by atoms with E-state index < -0.39 is 10.4 Å². The first-order valence-electron chi connectivity index (χ1n) is 8.22. The van der Waals surface area contributed by atoms with Gasteiger partial charge in [0.1, 0.15) is 11.8 Å². The highest BCUT2D eigenvalue weighted by Gasteiger charge is 2.27. The largest absolute Gasteiger partial charge is 0.726 e. The zero-order chi connectivity index (χ0) is 17.6. The lowest BCUT2D eigenvalue weighted by atomic mass is 9.81. The van der Waals surface area contributed by atoms with Gasteiger partial charge in [0, 0.05) is 12.8 Å². The fourth-order valence-corrected chi connectivity index (χ4v) is 3.55. The van der Waals surface area contributed by atoms with E-state index in [-0.39, 0.29) is 0 Å². The molecule has 2 aliphatic rings. The monoisotopic (exact) mass is 355 g/mol. The van der Waals surface area contributed by atoms with Crippen LogP contribution in [0, 0.1) is 0 Å². The van der Waals surface area contributed by atoms with E-state index in [0.717, 1.165) is 5.75 Å². The molecule has 0 amide bonds. The predicted molar refractivity (Wildman–Crippen MR) is 89.7 cm³/mol. The molecular formula is C17H25NO5S. The standard InChI is InChI=1S/C17H23NO.H2O4S/c1-19-15-8-6-13(7-9-15)12-17-16-5-3-2-4-14(16)10-11-18-17;1-5(2,3)4/h6-9,17-18H,2-5,10-12H2,1H3;(H2,1,2,3,4)/t17-;/m0./s1. The Bertz CT molecular complexity index is 655. The predicted octanol–water partition coefficient (Wildman–Crippen LogP) is 1.45. The van der Waals surface area contributed by atoms with E-state index in [4.69, 9.17) is 22.3 Å². The second kappa shape index (κ2) is 8.62. The molecule has 1 aliphatic carbocycles. The first kappa shape index (κ1) is 18.9. The molecule has 0 unspecified atom stereocenters. The minimum absolute atomic E-state index is 0.692. The third kappa shape index (κ3) is 6.24. The number of quaternary nitrogens is 1. The average molecular weight is 355 g/mol. The first-order chi connectivity index (χ1) is 11.4. The molecule has 1 aromatic rings. The van der Waals surface area contributed by atoms with Gasteiger partial charge in [-0.15, -0.1) is 0 Å². The van der Waals surface area contributed by atoms with E-state index in [0.29, 0.717) is 6.04 Å². The Labute approximate surface area is 143 Å². The normalized spacial score (nSPS) is 20.7. The van der Waals surface area contributed by atoms with Crippen molar-refractivity contribution in [3.8, 4) is 5.75 Å². The van der Waals surface area contributed by atoms with Crippen LogP contribution in [-0.2, 0) is 16.8 Å². The molecule has 6 nitrogen and oxygen atoms in total. The minimum atomic E-state index is -4.92. The van der Waals surface area contributed by atoms with Gasteiger partial charge in [0.15, 0.2) is 0 Å². The number of benzene rings is 1. The van der Waals surface area contributed by atoms with Crippen LogP contribution in [0.2, 0.25) is 0 Å². The Morgan fingerprint density at radius 2 is 1.83 bits per heavy atom. The first-order valence-corrected chi connectivity index (χ1v) is 9.58. The van der Waals surface area contributed by atoms with Crippen molar-refractivity contribution in [2.45, 2.75) is 44.6 Å². The molecule has 0 saturated heterocycles. The SMILES string of the molecule is COc1ccc(C[C@@H]2[NH2+]CCC3=C2CCCC3)cc1.O=S(=O)([O-])O. The molecule has 134 valence electrons. The molecule has 1 atom stereocenters. The quantitative estimate of drug-likeness (QED) is 0.485. The summed E-state index contributed by atoms with van der Waals surface area (Å²) in [6, 6.07) is 9.27. The van der Waals surface area contributed by atoms with E-state index in [1.165, 1.54) is 50.6 Å². The second-order valence-corrected chi connectivity index (χ2v) is 7.05. The summed E-state index contributed by atoms with van der Waals surface area (Å²) in [6.07, 6.45) is 8.01. The van der Waals surface area contributed by atoms with Gasteiger partial charge in [0.2, 0.25) is 10.4 Å². The van der Waals surface area contributed by atoms with Gasteiger partial charge >= 0.3 is 0 Å². The van der Waals surface area contributed by atoms with Gasteiger partial charge in [-0.25, -0.2) is 8.42 Å². The summed E-state index contributed by atoms with van der Waals surface area (Å²) in [7, 11) is -3.19. The highest BCUT2D eigenvalue weighted by atomic mass is 32.3. The Morgan fingerprint density at radius 1 is 1.21 bits per heavy atom. The van der Waals surface area contributed by atoms with Gasteiger partial charge in [-0.1, -0.05) is 17.7 Å². The highest BCUT2D eigenvalue weighted by molar-refractivity contribution is 7.79. The van der Waals surface area contributed by atoms with Crippen molar-refractivity contribution in [1.82, 2.24) is 0 Å². The van der Waals surface area contributed by atoms with Gasteiger partial charge < -0.3 is 14.6 Å². The third-order valence-electron chi connectivity index (χ3n) is 4.59. The molecule has 0 aromatic heterocycles. The van der Waals surface area contributed by atoms with E-state index in [1.807, 2.05) is 0 Å². The van der Waals surface area contributed by atoms with Crippen LogP contribution in [0.4, 0.5) is 0 Å². The van der Waals surface area contributed by atoms with E-state index in [1.54, 1.807) is 18.3 Å². The maximum atomic E-state index is 8.63. The molecule has 0 spiro atoms. The minimum Gasteiger partial charge on any atom is -0.726 e. The number of hydrogen-bond donors (Lipinski definition) is 2. The fraction of sp³-hybridized carbons (Fsp3) is 0.529. The van der Waals surface area contributed by atoms with Crippen molar-refractivity contribution in [1.29, 1.82) is 0 Å². The molecule has 24 heavy (non-hydrogen) atoms.